The fourth-order valence-corrected chi connectivity index (χ4v) is 4.84. The fourth-order valence-electron chi connectivity index (χ4n) is 3.82. The molecular formula is C24H24F5N5O4S. The lowest BCUT2D eigenvalue weighted by atomic mass is 9.98. The standard InChI is InChI=1S/C22H23F2N5O2S.C2HF3O2/c1-14-3-2-4-15-5-7-18(30)29(20(14)15)19-8-6-17(32-19)9-10-27-13-26-28(22(27)31)12-16(11-25)21(23)24;3-2(4,5)1(6)7/h2-4,6,8,13H,5,7,9-12,25H2,1H3;(H,6,7). The highest BCUT2D eigenvalue weighted by Crippen LogP contribution is 2.40. The van der Waals surface area contributed by atoms with E-state index in [1.165, 1.54) is 22.2 Å². The molecule has 15 heteroatoms. The Balaban J connectivity index is 0.000000532. The Bertz CT molecular complexity index is 1440. The average Bonchev–Trinajstić information content (AvgIpc) is 3.47. The molecule has 3 heterocycles. The zero-order chi connectivity index (χ0) is 28.9. The molecule has 4 rings (SSSR count). The highest BCUT2D eigenvalue weighted by molar-refractivity contribution is 7.16. The Labute approximate surface area is 222 Å². The van der Waals surface area contributed by atoms with Gasteiger partial charge in [-0.25, -0.2) is 14.3 Å². The lowest BCUT2D eigenvalue weighted by molar-refractivity contribution is -0.192. The molecule has 0 saturated heterocycles. The van der Waals surface area contributed by atoms with Crippen molar-refractivity contribution in [1.82, 2.24) is 14.3 Å². The molecule has 0 bridgehead atoms. The number of para-hydroxylation sites is 1. The number of hydrogen-bond donors (Lipinski definition) is 2. The van der Waals surface area contributed by atoms with Crippen molar-refractivity contribution in [2.24, 2.45) is 5.73 Å². The molecule has 1 aliphatic rings. The van der Waals surface area contributed by atoms with E-state index in [1.807, 2.05) is 31.2 Å². The van der Waals surface area contributed by atoms with Crippen LogP contribution in [0.4, 0.5) is 32.6 Å². The van der Waals surface area contributed by atoms with Gasteiger partial charge in [0.2, 0.25) is 5.91 Å². The summed E-state index contributed by atoms with van der Waals surface area (Å²) in [5, 5.41) is 11.9. The number of alkyl halides is 3. The van der Waals surface area contributed by atoms with Crippen molar-refractivity contribution in [1.29, 1.82) is 0 Å². The number of thiophene rings is 1. The van der Waals surface area contributed by atoms with E-state index in [4.69, 9.17) is 15.6 Å². The molecule has 1 amide bonds. The molecule has 0 atom stereocenters. The van der Waals surface area contributed by atoms with Gasteiger partial charge in [-0.3, -0.25) is 14.3 Å². The molecule has 0 unspecified atom stereocenters. The first-order chi connectivity index (χ1) is 18.3. The first-order valence-corrected chi connectivity index (χ1v) is 12.3. The maximum Gasteiger partial charge on any atom is 0.490 e. The van der Waals surface area contributed by atoms with Gasteiger partial charge in [-0.1, -0.05) is 18.2 Å². The van der Waals surface area contributed by atoms with Crippen molar-refractivity contribution in [3.05, 3.63) is 74.8 Å². The molecule has 3 aromatic rings. The number of halogens is 5. The lowest BCUT2D eigenvalue weighted by Gasteiger charge is -2.29. The second kappa shape index (κ2) is 12.3. The summed E-state index contributed by atoms with van der Waals surface area (Å²) in [6.07, 6.45) is -3.86. The predicted molar refractivity (Wildman–Crippen MR) is 133 cm³/mol. The lowest BCUT2D eigenvalue weighted by Crippen LogP contribution is -2.30. The Morgan fingerprint density at radius 3 is 2.46 bits per heavy atom. The van der Waals surface area contributed by atoms with Crippen LogP contribution in [0.5, 0.6) is 0 Å². The molecule has 39 heavy (non-hydrogen) atoms. The van der Waals surface area contributed by atoms with E-state index < -0.39 is 23.9 Å². The molecule has 2 aromatic heterocycles. The van der Waals surface area contributed by atoms with Crippen LogP contribution in [-0.2, 0) is 35.5 Å². The summed E-state index contributed by atoms with van der Waals surface area (Å²) in [5.74, 6) is -2.69. The summed E-state index contributed by atoms with van der Waals surface area (Å²) in [4.78, 5) is 36.8. The van der Waals surface area contributed by atoms with Crippen molar-refractivity contribution < 1.29 is 36.6 Å². The first-order valence-electron chi connectivity index (χ1n) is 11.5. The van der Waals surface area contributed by atoms with Crippen LogP contribution < -0.4 is 16.3 Å². The van der Waals surface area contributed by atoms with Gasteiger partial charge in [0.15, 0.2) is 0 Å². The second-order valence-corrected chi connectivity index (χ2v) is 9.58. The number of rotatable bonds is 7. The van der Waals surface area contributed by atoms with Gasteiger partial charge >= 0.3 is 17.8 Å². The minimum absolute atomic E-state index is 0.0709. The van der Waals surface area contributed by atoms with E-state index >= 15 is 0 Å². The number of nitrogens with zero attached hydrogens (tertiary/aromatic N) is 4. The minimum atomic E-state index is -5.08. The number of carboxylic acid groups (broad SMARTS) is 1. The summed E-state index contributed by atoms with van der Waals surface area (Å²) < 4.78 is 59.7. The van der Waals surface area contributed by atoms with Gasteiger partial charge in [-0.2, -0.15) is 27.1 Å². The van der Waals surface area contributed by atoms with Crippen molar-refractivity contribution in [2.45, 2.75) is 45.5 Å². The number of carbonyl (C=O) groups excluding carboxylic acids is 1. The first kappa shape index (κ1) is 29.7. The molecule has 0 spiro atoms. The molecule has 0 saturated carbocycles. The molecule has 3 N–H and O–H groups in total. The van der Waals surface area contributed by atoms with Gasteiger partial charge < -0.3 is 10.8 Å². The van der Waals surface area contributed by atoms with E-state index in [0.717, 1.165) is 37.8 Å². The molecule has 210 valence electrons. The molecule has 1 aromatic carbocycles. The van der Waals surface area contributed by atoms with Crippen LogP contribution in [0, 0.1) is 6.92 Å². The van der Waals surface area contributed by atoms with Crippen LogP contribution in [0.3, 0.4) is 0 Å². The molecule has 0 aliphatic carbocycles. The summed E-state index contributed by atoms with van der Waals surface area (Å²) in [5.41, 5.74) is 7.70. The smallest absolute Gasteiger partial charge is 0.475 e. The number of carbonyl (C=O) groups is 2. The number of carboxylic acids is 1. The normalized spacial score (nSPS) is 13.0. The number of hydrogen-bond acceptors (Lipinski definition) is 6. The Morgan fingerprint density at radius 1 is 1.15 bits per heavy atom. The van der Waals surface area contributed by atoms with Crippen LogP contribution in [0.1, 0.15) is 22.4 Å². The fraction of sp³-hybridized carbons (Fsp3) is 0.333. The third kappa shape index (κ3) is 7.17. The zero-order valence-electron chi connectivity index (χ0n) is 20.5. The zero-order valence-corrected chi connectivity index (χ0v) is 21.4. The van der Waals surface area contributed by atoms with Gasteiger partial charge in [-0.05, 0) is 43.0 Å². The Hall–Kier alpha value is -3.85. The van der Waals surface area contributed by atoms with Crippen molar-refractivity contribution >= 4 is 33.9 Å². The van der Waals surface area contributed by atoms with Gasteiger partial charge in [-0.15, -0.1) is 11.3 Å². The van der Waals surface area contributed by atoms with Crippen LogP contribution in [0.2, 0.25) is 0 Å². The van der Waals surface area contributed by atoms with Gasteiger partial charge in [0.05, 0.1) is 12.2 Å². The number of nitrogens with two attached hydrogens (primary N) is 1. The third-order valence-electron chi connectivity index (χ3n) is 5.76. The van der Waals surface area contributed by atoms with Gasteiger partial charge in [0, 0.05) is 30.0 Å². The number of aliphatic carboxylic acids is 1. The summed E-state index contributed by atoms with van der Waals surface area (Å²) in [7, 11) is 0. The number of amides is 1. The SMILES string of the molecule is Cc1cccc2c1N(c1ccc(CCn3cnn(CC(CN)=C(F)F)c3=O)s1)C(=O)CC2.O=C(O)C(F)(F)F. The number of anilines is 2. The molecular weight excluding hydrogens is 549 g/mol. The number of aryl methyl sites for hydroxylation is 4. The second-order valence-electron chi connectivity index (χ2n) is 8.44. The average molecular weight is 574 g/mol. The molecule has 0 radical (unpaired) electrons. The van der Waals surface area contributed by atoms with Crippen LogP contribution in [0.15, 0.2) is 53.1 Å². The maximum absolute atomic E-state index is 12.8. The van der Waals surface area contributed by atoms with E-state index in [1.54, 1.807) is 4.90 Å². The summed E-state index contributed by atoms with van der Waals surface area (Å²) in [6.45, 7) is 1.69. The minimum Gasteiger partial charge on any atom is -0.475 e. The Kier molecular flexibility index (Phi) is 9.40. The van der Waals surface area contributed by atoms with Gasteiger partial charge in [0.25, 0.3) is 6.08 Å². The van der Waals surface area contributed by atoms with Crippen LogP contribution >= 0.6 is 11.3 Å². The van der Waals surface area contributed by atoms with E-state index in [0.29, 0.717) is 19.4 Å². The number of aromatic nitrogens is 3. The molecule has 9 nitrogen and oxygen atoms in total. The Morgan fingerprint density at radius 2 is 1.85 bits per heavy atom. The maximum atomic E-state index is 12.8. The van der Waals surface area contributed by atoms with E-state index in [-0.39, 0.29) is 24.6 Å². The largest absolute Gasteiger partial charge is 0.490 e. The van der Waals surface area contributed by atoms with Gasteiger partial charge in [0.1, 0.15) is 11.3 Å². The monoisotopic (exact) mass is 573 g/mol. The topological polar surface area (TPSA) is 123 Å². The number of benzene rings is 1. The van der Waals surface area contributed by atoms with E-state index in [2.05, 4.69) is 11.2 Å². The summed E-state index contributed by atoms with van der Waals surface area (Å²) >= 11 is 1.50. The highest BCUT2D eigenvalue weighted by Gasteiger charge is 2.38. The van der Waals surface area contributed by atoms with E-state index in [9.17, 15) is 31.5 Å². The van der Waals surface area contributed by atoms with Crippen molar-refractivity contribution in [2.75, 3.05) is 11.4 Å². The van der Waals surface area contributed by atoms with Crippen LogP contribution in [-0.4, -0.2) is 44.1 Å². The molecule has 0 fully saturated rings. The van der Waals surface area contributed by atoms with Crippen molar-refractivity contribution in [3.63, 3.8) is 0 Å². The quantitative estimate of drug-likeness (QED) is 0.412. The predicted octanol–water partition coefficient (Wildman–Crippen LogP) is 4.01. The van der Waals surface area contributed by atoms with Crippen molar-refractivity contribution in [3.8, 4) is 0 Å². The summed E-state index contributed by atoms with van der Waals surface area (Å²) in [6, 6.07) is 9.94. The highest BCUT2D eigenvalue weighted by atomic mass is 32.1. The van der Waals surface area contributed by atoms with Crippen LogP contribution in [0.25, 0.3) is 0 Å². The molecule has 1 aliphatic heterocycles. The number of fused-ring (bicyclic) bond motifs is 1. The third-order valence-corrected chi connectivity index (χ3v) is 6.89.